The SMILES string of the molecule is CC1(C(=O)O)CCCN1C(=O)c1ccc(Oc2ccccc2)o1. The van der Waals surface area contributed by atoms with E-state index >= 15 is 0 Å². The van der Waals surface area contributed by atoms with E-state index in [0.29, 0.717) is 25.1 Å². The van der Waals surface area contributed by atoms with Gasteiger partial charge < -0.3 is 19.2 Å². The monoisotopic (exact) mass is 315 g/mol. The van der Waals surface area contributed by atoms with Crippen LogP contribution in [0.2, 0.25) is 0 Å². The molecule has 0 saturated carbocycles. The molecule has 120 valence electrons. The summed E-state index contributed by atoms with van der Waals surface area (Å²) in [5.41, 5.74) is -1.19. The number of carboxylic acid groups (broad SMARTS) is 1. The van der Waals surface area contributed by atoms with Crippen molar-refractivity contribution in [1.82, 2.24) is 4.90 Å². The lowest BCUT2D eigenvalue weighted by molar-refractivity contribution is -0.147. The van der Waals surface area contributed by atoms with E-state index in [0.717, 1.165) is 0 Å². The number of hydrogen-bond acceptors (Lipinski definition) is 4. The van der Waals surface area contributed by atoms with Crippen molar-refractivity contribution in [2.24, 2.45) is 0 Å². The number of aliphatic carboxylic acids is 1. The van der Waals surface area contributed by atoms with Gasteiger partial charge in [-0.05, 0) is 38.0 Å². The molecular formula is C17H17NO5. The third-order valence-electron chi connectivity index (χ3n) is 4.10. The summed E-state index contributed by atoms with van der Waals surface area (Å²) in [5.74, 6) is -0.579. The molecule has 6 heteroatoms. The fraction of sp³-hybridized carbons (Fsp3) is 0.294. The molecule has 1 aromatic carbocycles. The fourth-order valence-electron chi connectivity index (χ4n) is 2.74. The van der Waals surface area contributed by atoms with Crippen molar-refractivity contribution in [3.8, 4) is 11.7 Å². The van der Waals surface area contributed by atoms with Crippen molar-refractivity contribution in [3.63, 3.8) is 0 Å². The van der Waals surface area contributed by atoms with Crippen molar-refractivity contribution in [2.45, 2.75) is 25.3 Å². The first-order chi connectivity index (χ1) is 11.0. The highest BCUT2D eigenvalue weighted by Crippen LogP contribution is 2.32. The summed E-state index contributed by atoms with van der Waals surface area (Å²) in [4.78, 5) is 25.4. The van der Waals surface area contributed by atoms with Crippen molar-refractivity contribution >= 4 is 11.9 Å². The predicted molar refractivity (Wildman–Crippen MR) is 81.5 cm³/mol. The number of hydrogen-bond donors (Lipinski definition) is 1. The minimum Gasteiger partial charge on any atom is -0.480 e. The number of carbonyl (C=O) groups excluding carboxylic acids is 1. The maximum atomic E-state index is 12.5. The summed E-state index contributed by atoms with van der Waals surface area (Å²) in [6.45, 7) is 1.96. The Morgan fingerprint density at radius 3 is 2.65 bits per heavy atom. The van der Waals surface area contributed by atoms with Gasteiger partial charge in [-0.1, -0.05) is 18.2 Å². The van der Waals surface area contributed by atoms with E-state index in [2.05, 4.69) is 0 Å². The van der Waals surface area contributed by atoms with Crippen molar-refractivity contribution in [2.75, 3.05) is 6.54 Å². The molecule has 1 aromatic heterocycles. The number of ether oxygens (including phenoxy) is 1. The van der Waals surface area contributed by atoms with Gasteiger partial charge in [0.1, 0.15) is 11.3 Å². The van der Waals surface area contributed by atoms with Crippen LogP contribution in [-0.2, 0) is 4.79 Å². The number of amides is 1. The summed E-state index contributed by atoms with van der Waals surface area (Å²) in [6.07, 6.45) is 1.09. The Kier molecular flexibility index (Phi) is 3.82. The molecule has 1 amide bonds. The maximum absolute atomic E-state index is 12.5. The minimum atomic E-state index is -1.19. The zero-order valence-corrected chi connectivity index (χ0v) is 12.7. The van der Waals surface area contributed by atoms with Crippen molar-refractivity contribution in [3.05, 3.63) is 48.2 Å². The quantitative estimate of drug-likeness (QED) is 0.937. The molecule has 6 nitrogen and oxygen atoms in total. The van der Waals surface area contributed by atoms with Crippen molar-refractivity contribution in [1.29, 1.82) is 0 Å². The van der Waals surface area contributed by atoms with E-state index in [1.807, 2.05) is 18.2 Å². The number of rotatable bonds is 4. The summed E-state index contributed by atoms with van der Waals surface area (Å²) in [6, 6.07) is 12.1. The molecule has 23 heavy (non-hydrogen) atoms. The molecule has 1 fully saturated rings. The van der Waals surface area contributed by atoms with Gasteiger partial charge in [0.2, 0.25) is 0 Å². The van der Waals surface area contributed by atoms with Crippen LogP contribution in [0.4, 0.5) is 0 Å². The Hall–Kier alpha value is -2.76. The maximum Gasteiger partial charge on any atom is 0.329 e. The van der Waals surface area contributed by atoms with Crippen LogP contribution < -0.4 is 4.74 Å². The van der Waals surface area contributed by atoms with Crippen LogP contribution in [0, 0.1) is 0 Å². The predicted octanol–water partition coefficient (Wildman–Crippen LogP) is 3.15. The number of para-hydroxylation sites is 1. The first kappa shape index (κ1) is 15.1. The van der Waals surface area contributed by atoms with Gasteiger partial charge in [-0.15, -0.1) is 0 Å². The smallest absolute Gasteiger partial charge is 0.329 e. The second-order valence-corrected chi connectivity index (χ2v) is 5.67. The Bertz CT molecular complexity index is 724. The third kappa shape index (κ3) is 2.79. The largest absolute Gasteiger partial charge is 0.480 e. The first-order valence-electron chi connectivity index (χ1n) is 7.39. The molecule has 1 N–H and O–H groups in total. The van der Waals surface area contributed by atoms with E-state index in [9.17, 15) is 14.7 Å². The molecule has 1 aliphatic rings. The molecule has 2 aromatic rings. The molecule has 1 unspecified atom stereocenters. The van der Waals surface area contributed by atoms with E-state index in [4.69, 9.17) is 9.15 Å². The van der Waals surface area contributed by atoms with Gasteiger partial charge in [0.25, 0.3) is 11.9 Å². The third-order valence-corrected chi connectivity index (χ3v) is 4.10. The normalized spacial score (nSPS) is 20.5. The highest BCUT2D eigenvalue weighted by molar-refractivity contribution is 5.96. The highest BCUT2D eigenvalue weighted by Gasteiger charge is 2.46. The fourth-order valence-corrected chi connectivity index (χ4v) is 2.74. The summed E-state index contributed by atoms with van der Waals surface area (Å²) in [5, 5.41) is 9.39. The van der Waals surface area contributed by atoms with Crippen LogP contribution in [-0.4, -0.2) is 34.0 Å². The van der Waals surface area contributed by atoms with Crippen LogP contribution >= 0.6 is 0 Å². The molecule has 0 spiro atoms. The second kappa shape index (κ2) is 5.79. The van der Waals surface area contributed by atoms with Crippen molar-refractivity contribution < 1.29 is 23.8 Å². The number of likely N-dealkylation sites (tertiary alicyclic amines) is 1. The van der Waals surface area contributed by atoms with Crippen LogP contribution in [0.3, 0.4) is 0 Å². The molecule has 3 rings (SSSR count). The van der Waals surface area contributed by atoms with Crippen LogP contribution in [0.25, 0.3) is 0 Å². The topological polar surface area (TPSA) is 80.0 Å². The van der Waals surface area contributed by atoms with Gasteiger partial charge >= 0.3 is 5.97 Å². The average Bonchev–Trinajstić information content (AvgIpc) is 3.15. The molecule has 1 saturated heterocycles. The van der Waals surface area contributed by atoms with Gasteiger partial charge in [-0.3, -0.25) is 4.79 Å². The molecule has 0 aliphatic carbocycles. The molecule has 1 aliphatic heterocycles. The lowest BCUT2D eigenvalue weighted by Gasteiger charge is -2.30. The Labute approximate surface area is 133 Å². The zero-order valence-electron chi connectivity index (χ0n) is 12.7. The summed E-state index contributed by atoms with van der Waals surface area (Å²) >= 11 is 0. The Morgan fingerprint density at radius 2 is 1.96 bits per heavy atom. The molecular weight excluding hydrogens is 298 g/mol. The van der Waals surface area contributed by atoms with Gasteiger partial charge in [-0.2, -0.15) is 0 Å². The number of furan rings is 1. The Balaban J connectivity index is 1.77. The van der Waals surface area contributed by atoms with E-state index < -0.39 is 17.4 Å². The van der Waals surface area contributed by atoms with E-state index in [-0.39, 0.29) is 11.7 Å². The minimum absolute atomic E-state index is 0.0744. The van der Waals surface area contributed by atoms with Gasteiger partial charge in [0, 0.05) is 12.6 Å². The number of benzene rings is 1. The summed E-state index contributed by atoms with van der Waals surface area (Å²) < 4.78 is 10.9. The molecule has 0 radical (unpaired) electrons. The van der Waals surface area contributed by atoms with Crippen LogP contribution in [0.5, 0.6) is 11.7 Å². The molecule has 0 bridgehead atoms. The Morgan fingerprint density at radius 1 is 1.22 bits per heavy atom. The summed E-state index contributed by atoms with van der Waals surface area (Å²) in [7, 11) is 0. The molecule has 1 atom stereocenters. The first-order valence-corrected chi connectivity index (χ1v) is 7.39. The van der Waals surface area contributed by atoms with E-state index in [1.54, 1.807) is 25.1 Å². The highest BCUT2D eigenvalue weighted by atomic mass is 16.6. The van der Waals surface area contributed by atoms with Crippen LogP contribution in [0.15, 0.2) is 46.9 Å². The van der Waals surface area contributed by atoms with E-state index in [1.165, 1.54) is 11.0 Å². The number of carbonyl (C=O) groups is 2. The standard InChI is InChI=1S/C17H17NO5/c1-17(16(20)21)10-5-11-18(17)15(19)13-8-9-14(23-13)22-12-6-3-2-4-7-12/h2-4,6-9H,5,10-11H2,1H3,(H,20,21). The number of nitrogens with zero attached hydrogens (tertiary/aromatic N) is 1. The van der Waals surface area contributed by atoms with Gasteiger partial charge in [0.05, 0.1) is 0 Å². The van der Waals surface area contributed by atoms with Crippen LogP contribution in [0.1, 0.15) is 30.3 Å². The average molecular weight is 315 g/mol. The second-order valence-electron chi connectivity index (χ2n) is 5.67. The number of carboxylic acids is 1. The zero-order chi connectivity index (χ0) is 16.4. The van der Waals surface area contributed by atoms with Gasteiger partial charge in [0.15, 0.2) is 5.76 Å². The lowest BCUT2D eigenvalue weighted by atomic mass is 9.99. The molecule has 2 heterocycles. The van der Waals surface area contributed by atoms with Gasteiger partial charge in [-0.25, -0.2) is 4.79 Å². The lowest BCUT2D eigenvalue weighted by Crippen LogP contribution is -2.50.